The van der Waals surface area contributed by atoms with Gasteiger partial charge in [0.05, 0.1) is 0 Å². The fourth-order valence-electron chi connectivity index (χ4n) is 3.73. The molecule has 26 heavy (non-hydrogen) atoms. The Labute approximate surface area is 155 Å². The van der Waals surface area contributed by atoms with E-state index in [1.54, 1.807) is 7.11 Å². The number of hydrogen-bond donors (Lipinski definition) is 2. The molecule has 0 aliphatic carbocycles. The Balaban J connectivity index is 1.52. The van der Waals surface area contributed by atoms with Crippen molar-refractivity contribution in [3.63, 3.8) is 0 Å². The lowest BCUT2D eigenvalue weighted by Crippen LogP contribution is -2.51. The first-order valence-corrected chi connectivity index (χ1v) is 9.57. The molecule has 2 N–H and O–H groups in total. The first kappa shape index (κ1) is 18.9. The average Bonchev–Trinajstić information content (AvgIpc) is 3.22. The lowest BCUT2D eigenvalue weighted by Gasteiger charge is -2.34. The Hall–Kier alpha value is -1.92. The zero-order valence-electron chi connectivity index (χ0n) is 15.6. The van der Waals surface area contributed by atoms with Crippen LogP contribution < -0.4 is 10.6 Å². The Bertz CT molecular complexity index is 618. The van der Waals surface area contributed by atoms with Crippen LogP contribution in [0.4, 0.5) is 5.69 Å². The van der Waals surface area contributed by atoms with E-state index >= 15 is 0 Å². The topological polar surface area (TPSA) is 70.7 Å². The molecule has 2 fully saturated rings. The molecule has 0 radical (unpaired) electrons. The molecule has 2 aliphatic heterocycles. The van der Waals surface area contributed by atoms with E-state index in [4.69, 9.17) is 4.74 Å². The molecule has 6 heteroatoms. The average molecular weight is 359 g/mol. The molecule has 0 aromatic heterocycles. The predicted molar refractivity (Wildman–Crippen MR) is 101 cm³/mol. The molecule has 3 rings (SSSR count). The summed E-state index contributed by atoms with van der Waals surface area (Å²) in [4.78, 5) is 26.7. The summed E-state index contributed by atoms with van der Waals surface area (Å²) in [6.07, 6.45) is 4.87. The zero-order valence-corrected chi connectivity index (χ0v) is 15.6. The molecule has 2 saturated heterocycles. The Morgan fingerprint density at radius 3 is 2.42 bits per heavy atom. The Morgan fingerprint density at radius 2 is 1.81 bits per heavy atom. The Morgan fingerprint density at radius 1 is 1.15 bits per heavy atom. The fourth-order valence-corrected chi connectivity index (χ4v) is 3.73. The number of nitrogens with zero attached hydrogens (tertiary/aromatic N) is 1. The van der Waals surface area contributed by atoms with E-state index in [0.717, 1.165) is 56.7 Å². The zero-order chi connectivity index (χ0) is 18.4. The maximum Gasteiger partial charge on any atom is 0.256 e. The number of methoxy groups -OCH3 is 1. The van der Waals surface area contributed by atoms with Gasteiger partial charge in [0.1, 0.15) is 5.60 Å². The number of likely N-dealkylation sites (tertiary alicyclic amines) is 1. The number of benzene rings is 1. The molecular formula is C20H29N3O3. The third-order valence-electron chi connectivity index (χ3n) is 5.51. The Kier molecular flexibility index (Phi) is 6.27. The van der Waals surface area contributed by atoms with Gasteiger partial charge in [0.15, 0.2) is 0 Å². The van der Waals surface area contributed by atoms with Crippen LogP contribution in [0.3, 0.4) is 0 Å². The summed E-state index contributed by atoms with van der Waals surface area (Å²) in [5, 5.41) is 6.23. The number of amides is 2. The molecule has 142 valence electrons. The van der Waals surface area contributed by atoms with Crippen molar-refractivity contribution in [3.8, 4) is 0 Å². The van der Waals surface area contributed by atoms with Crippen LogP contribution in [0, 0.1) is 0 Å². The van der Waals surface area contributed by atoms with E-state index in [9.17, 15) is 9.59 Å². The minimum atomic E-state index is -0.744. The van der Waals surface area contributed by atoms with Gasteiger partial charge in [-0.25, -0.2) is 0 Å². The second kappa shape index (κ2) is 8.64. The highest BCUT2D eigenvalue weighted by atomic mass is 16.5. The van der Waals surface area contributed by atoms with E-state index in [1.807, 2.05) is 29.2 Å². The number of rotatable bonds is 6. The van der Waals surface area contributed by atoms with Crippen molar-refractivity contribution in [3.05, 3.63) is 29.8 Å². The number of hydrogen-bond acceptors (Lipinski definition) is 4. The van der Waals surface area contributed by atoms with Gasteiger partial charge < -0.3 is 20.3 Å². The van der Waals surface area contributed by atoms with Crippen molar-refractivity contribution in [2.75, 3.05) is 38.6 Å². The van der Waals surface area contributed by atoms with Gasteiger partial charge in [-0.1, -0.05) is 12.1 Å². The standard InChI is InChI=1S/C20H29N3O3/c1-26-20(10-12-21-13-11-20)19(25)22-17-7-4-16(5-8-17)6-9-18(24)23-14-2-3-15-23/h4-5,7-8,21H,2-3,6,9-15H2,1H3,(H,22,25). The van der Waals surface area contributed by atoms with Crippen LogP contribution in [0.25, 0.3) is 0 Å². The normalized spacial score (nSPS) is 19.3. The van der Waals surface area contributed by atoms with Crippen molar-refractivity contribution in [1.29, 1.82) is 0 Å². The van der Waals surface area contributed by atoms with Gasteiger partial charge in [0, 0.05) is 32.3 Å². The third-order valence-corrected chi connectivity index (χ3v) is 5.51. The van der Waals surface area contributed by atoms with Crippen LogP contribution in [-0.2, 0) is 20.7 Å². The summed E-state index contributed by atoms with van der Waals surface area (Å²) in [5.41, 5.74) is 1.13. The summed E-state index contributed by atoms with van der Waals surface area (Å²) < 4.78 is 5.56. The highest BCUT2D eigenvalue weighted by Gasteiger charge is 2.39. The van der Waals surface area contributed by atoms with Crippen molar-refractivity contribution in [1.82, 2.24) is 10.2 Å². The number of carbonyl (C=O) groups excluding carboxylic acids is 2. The van der Waals surface area contributed by atoms with Crippen molar-refractivity contribution < 1.29 is 14.3 Å². The van der Waals surface area contributed by atoms with Gasteiger partial charge in [-0.2, -0.15) is 0 Å². The third kappa shape index (κ3) is 4.43. The number of ether oxygens (including phenoxy) is 1. The van der Waals surface area contributed by atoms with E-state index in [1.165, 1.54) is 0 Å². The number of aryl methyl sites for hydroxylation is 1. The molecule has 6 nitrogen and oxygen atoms in total. The second-order valence-electron chi connectivity index (χ2n) is 7.19. The second-order valence-corrected chi connectivity index (χ2v) is 7.19. The lowest BCUT2D eigenvalue weighted by molar-refractivity contribution is -0.140. The first-order chi connectivity index (χ1) is 12.6. The summed E-state index contributed by atoms with van der Waals surface area (Å²) >= 11 is 0. The van der Waals surface area contributed by atoms with Crippen LogP contribution in [0.2, 0.25) is 0 Å². The van der Waals surface area contributed by atoms with Gasteiger partial charge >= 0.3 is 0 Å². The molecule has 0 atom stereocenters. The van der Waals surface area contributed by atoms with Crippen molar-refractivity contribution in [2.45, 2.75) is 44.1 Å². The van der Waals surface area contributed by atoms with Gasteiger partial charge in [-0.05, 0) is 62.9 Å². The molecule has 2 heterocycles. The predicted octanol–water partition coefficient (Wildman–Crippen LogP) is 1.95. The molecule has 2 aliphatic rings. The van der Waals surface area contributed by atoms with Crippen molar-refractivity contribution >= 4 is 17.5 Å². The summed E-state index contributed by atoms with van der Waals surface area (Å²) in [6.45, 7) is 3.37. The number of piperidine rings is 1. The molecule has 2 amide bonds. The lowest BCUT2D eigenvalue weighted by atomic mass is 9.91. The minimum Gasteiger partial charge on any atom is -0.368 e. The summed E-state index contributed by atoms with van der Waals surface area (Å²) in [6, 6.07) is 7.76. The number of nitrogens with one attached hydrogen (secondary N) is 2. The maximum absolute atomic E-state index is 12.7. The van der Waals surface area contributed by atoms with Crippen LogP contribution >= 0.6 is 0 Å². The molecule has 1 aromatic rings. The van der Waals surface area contributed by atoms with Gasteiger partial charge in [0.2, 0.25) is 5.91 Å². The highest BCUT2D eigenvalue weighted by Crippen LogP contribution is 2.24. The van der Waals surface area contributed by atoms with Gasteiger partial charge in [-0.3, -0.25) is 9.59 Å². The van der Waals surface area contributed by atoms with E-state index in [2.05, 4.69) is 10.6 Å². The fraction of sp³-hybridized carbons (Fsp3) is 0.600. The monoisotopic (exact) mass is 359 g/mol. The first-order valence-electron chi connectivity index (χ1n) is 9.57. The highest BCUT2D eigenvalue weighted by molar-refractivity contribution is 5.97. The molecule has 0 bridgehead atoms. The summed E-state index contributed by atoms with van der Waals surface area (Å²) in [5.74, 6) is 0.159. The molecular weight excluding hydrogens is 330 g/mol. The quantitative estimate of drug-likeness (QED) is 0.814. The minimum absolute atomic E-state index is 0.0848. The van der Waals surface area contributed by atoms with E-state index in [0.29, 0.717) is 19.3 Å². The SMILES string of the molecule is COC1(C(=O)Nc2ccc(CCC(=O)N3CCCC3)cc2)CCNCC1. The molecule has 1 aromatic carbocycles. The smallest absolute Gasteiger partial charge is 0.256 e. The van der Waals surface area contributed by atoms with Crippen LogP contribution in [0.5, 0.6) is 0 Å². The van der Waals surface area contributed by atoms with E-state index < -0.39 is 5.60 Å². The van der Waals surface area contributed by atoms with E-state index in [-0.39, 0.29) is 11.8 Å². The van der Waals surface area contributed by atoms with Crippen molar-refractivity contribution in [2.24, 2.45) is 0 Å². The molecule has 0 unspecified atom stereocenters. The largest absolute Gasteiger partial charge is 0.368 e. The van der Waals surface area contributed by atoms with Crippen LogP contribution in [-0.4, -0.2) is 55.6 Å². The maximum atomic E-state index is 12.7. The van der Waals surface area contributed by atoms with Gasteiger partial charge in [-0.15, -0.1) is 0 Å². The number of carbonyl (C=O) groups is 2. The van der Waals surface area contributed by atoms with Gasteiger partial charge in [0.25, 0.3) is 5.91 Å². The molecule has 0 saturated carbocycles. The van der Waals surface area contributed by atoms with Crippen LogP contribution in [0.1, 0.15) is 37.7 Å². The summed E-state index contributed by atoms with van der Waals surface area (Å²) in [7, 11) is 1.60. The molecule has 0 spiro atoms. The number of anilines is 1. The van der Waals surface area contributed by atoms with Crippen LogP contribution in [0.15, 0.2) is 24.3 Å².